The highest BCUT2D eigenvalue weighted by atomic mass is 19.4. The third-order valence-corrected chi connectivity index (χ3v) is 6.29. The van der Waals surface area contributed by atoms with E-state index >= 15 is 0 Å². The molecule has 1 saturated carbocycles. The maximum absolute atomic E-state index is 13.2. The predicted molar refractivity (Wildman–Crippen MR) is 108 cm³/mol. The number of rotatable bonds is 5. The normalized spacial score (nSPS) is 17.7. The van der Waals surface area contributed by atoms with Gasteiger partial charge < -0.3 is 11.5 Å². The van der Waals surface area contributed by atoms with Crippen LogP contribution in [-0.4, -0.2) is 12.5 Å². The predicted octanol–water partition coefficient (Wildman–Crippen LogP) is 5.50. The molecule has 4 N–H and O–H groups in total. The van der Waals surface area contributed by atoms with Crippen LogP contribution in [0.3, 0.4) is 0 Å². The smallest absolute Gasteiger partial charge is 0.369 e. The molecule has 0 heterocycles. The molecule has 0 saturated heterocycles. The number of alkyl halides is 6. The van der Waals surface area contributed by atoms with E-state index in [1.807, 2.05) is 0 Å². The number of hydrogen-bond acceptors (Lipinski definition) is 2. The van der Waals surface area contributed by atoms with Crippen molar-refractivity contribution in [1.29, 1.82) is 0 Å². The SMILES string of the molecule is NCC(c1ccc(C2(C(N)=O)CCCCC2)cc1)c1cc(C(F)(F)F)cc(C(F)(F)F)c1. The Balaban J connectivity index is 2.03. The van der Waals surface area contributed by atoms with Gasteiger partial charge in [0.15, 0.2) is 0 Å². The standard InChI is InChI=1S/C23H24F6N2O/c24-22(25,26)17-10-15(11-18(12-17)23(27,28)29)19(13-30)14-4-6-16(7-5-14)21(20(31)32)8-2-1-3-9-21/h4-7,10-12,19H,1-3,8-9,13,30H2,(H2,31,32). The van der Waals surface area contributed by atoms with Gasteiger partial charge in [-0.1, -0.05) is 43.5 Å². The quantitative estimate of drug-likeness (QED) is 0.581. The van der Waals surface area contributed by atoms with Crippen LogP contribution in [0, 0.1) is 0 Å². The first-order chi connectivity index (χ1) is 14.9. The third kappa shape index (κ3) is 4.77. The van der Waals surface area contributed by atoms with Gasteiger partial charge in [0.2, 0.25) is 5.91 Å². The molecule has 0 aliphatic heterocycles. The molecule has 174 valence electrons. The number of carbonyl (C=O) groups is 1. The zero-order valence-corrected chi connectivity index (χ0v) is 17.2. The zero-order chi connectivity index (χ0) is 23.7. The topological polar surface area (TPSA) is 69.1 Å². The highest BCUT2D eigenvalue weighted by Gasteiger charge is 2.40. The Morgan fingerprint density at radius 1 is 0.844 bits per heavy atom. The monoisotopic (exact) mass is 458 g/mol. The van der Waals surface area contributed by atoms with E-state index < -0.39 is 40.7 Å². The molecular formula is C23H24F6N2O. The zero-order valence-electron chi connectivity index (χ0n) is 17.2. The molecule has 1 aliphatic carbocycles. The molecule has 0 spiro atoms. The fraction of sp³-hybridized carbons (Fsp3) is 0.435. The van der Waals surface area contributed by atoms with Gasteiger partial charge in [-0.05, 0) is 47.7 Å². The van der Waals surface area contributed by atoms with Crippen molar-refractivity contribution < 1.29 is 31.1 Å². The number of hydrogen-bond donors (Lipinski definition) is 2. The van der Waals surface area contributed by atoms with Gasteiger partial charge in [0, 0.05) is 12.5 Å². The number of carbonyl (C=O) groups excluding carboxylic acids is 1. The molecule has 0 bridgehead atoms. The van der Waals surface area contributed by atoms with Gasteiger partial charge >= 0.3 is 12.4 Å². The summed E-state index contributed by atoms with van der Waals surface area (Å²) in [6.45, 7) is -0.196. The van der Waals surface area contributed by atoms with E-state index in [4.69, 9.17) is 11.5 Å². The van der Waals surface area contributed by atoms with Crippen LogP contribution >= 0.6 is 0 Å². The van der Waals surface area contributed by atoms with E-state index in [-0.39, 0.29) is 18.2 Å². The summed E-state index contributed by atoms with van der Waals surface area (Å²) in [5, 5.41) is 0. The van der Waals surface area contributed by atoms with Gasteiger partial charge in [0.1, 0.15) is 0 Å². The fourth-order valence-corrected chi connectivity index (χ4v) is 4.51. The third-order valence-electron chi connectivity index (χ3n) is 6.29. The Hall–Kier alpha value is -2.55. The van der Waals surface area contributed by atoms with Gasteiger partial charge in [0.05, 0.1) is 16.5 Å². The molecule has 9 heteroatoms. The van der Waals surface area contributed by atoms with Crippen LogP contribution in [0.15, 0.2) is 42.5 Å². The van der Waals surface area contributed by atoms with Crippen molar-refractivity contribution in [3.05, 3.63) is 70.3 Å². The number of amides is 1. The van der Waals surface area contributed by atoms with Crippen LogP contribution in [0.1, 0.15) is 65.8 Å². The minimum Gasteiger partial charge on any atom is -0.369 e. The molecule has 1 amide bonds. The average Bonchev–Trinajstić information content (AvgIpc) is 2.74. The molecule has 0 aromatic heterocycles. The van der Waals surface area contributed by atoms with Crippen molar-refractivity contribution >= 4 is 5.91 Å². The van der Waals surface area contributed by atoms with Crippen LogP contribution in [0.5, 0.6) is 0 Å². The summed E-state index contributed by atoms with van der Waals surface area (Å²) < 4.78 is 79.4. The Bertz CT molecular complexity index is 928. The second kappa shape index (κ2) is 8.77. The van der Waals surface area contributed by atoms with E-state index in [1.165, 1.54) is 0 Å². The van der Waals surface area contributed by atoms with Gasteiger partial charge in [-0.25, -0.2) is 0 Å². The van der Waals surface area contributed by atoms with Gasteiger partial charge in [-0.15, -0.1) is 0 Å². The molecule has 1 atom stereocenters. The van der Waals surface area contributed by atoms with Crippen molar-refractivity contribution in [2.24, 2.45) is 11.5 Å². The van der Waals surface area contributed by atoms with Crippen molar-refractivity contribution in [2.45, 2.75) is 55.8 Å². The molecule has 32 heavy (non-hydrogen) atoms. The Morgan fingerprint density at radius 3 is 1.75 bits per heavy atom. The van der Waals surface area contributed by atoms with Crippen LogP contribution in [-0.2, 0) is 22.6 Å². The first kappa shape index (κ1) is 24.1. The highest BCUT2D eigenvalue weighted by molar-refractivity contribution is 5.86. The van der Waals surface area contributed by atoms with Crippen molar-refractivity contribution in [3.63, 3.8) is 0 Å². The Morgan fingerprint density at radius 2 is 1.34 bits per heavy atom. The van der Waals surface area contributed by atoms with Crippen molar-refractivity contribution in [1.82, 2.24) is 0 Å². The largest absolute Gasteiger partial charge is 0.416 e. The minimum absolute atomic E-state index is 0.0971. The van der Waals surface area contributed by atoms with Gasteiger partial charge in [-0.3, -0.25) is 4.79 Å². The fourth-order valence-electron chi connectivity index (χ4n) is 4.51. The second-order valence-electron chi connectivity index (χ2n) is 8.26. The van der Waals surface area contributed by atoms with E-state index in [2.05, 4.69) is 0 Å². The van der Waals surface area contributed by atoms with E-state index in [0.717, 1.165) is 19.3 Å². The van der Waals surface area contributed by atoms with Crippen LogP contribution in [0.2, 0.25) is 0 Å². The highest BCUT2D eigenvalue weighted by Crippen LogP contribution is 2.41. The summed E-state index contributed by atoms with van der Waals surface area (Å²) in [7, 11) is 0. The summed E-state index contributed by atoms with van der Waals surface area (Å²) in [4.78, 5) is 12.2. The lowest BCUT2D eigenvalue weighted by molar-refractivity contribution is -0.143. The van der Waals surface area contributed by atoms with Crippen LogP contribution < -0.4 is 11.5 Å². The maximum Gasteiger partial charge on any atom is 0.416 e. The molecule has 2 aromatic carbocycles. The Labute approximate surface area is 181 Å². The van der Waals surface area contributed by atoms with Gasteiger partial charge in [0.25, 0.3) is 0 Å². The molecule has 1 unspecified atom stereocenters. The molecule has 0 radical (unpaired) electrons. The summed E-state index contributed by atoms with van der Waals surface area (Å²) in [5.41, 5.74) is 8.87. The molecular weight excluding hydrogens is 434 g/mol. The second-order valence-corrected chi connectivity index (χ2v) is 8.26. The lowest BCUT2D eigenvalue weighted by Crippen LogP contribution is -2.42. The first-order valence-electron chi connectivity index (χ1n) is 10.3. The van der Waals surface area contributed by atoms with Crippen LogP contribution in [0.25, 0.3) is 0 Å². The summed E-state index contributed by atoms with van der Waals surface area (Å²) in [6.07, 6.45) is -5.97. The maximum atomic E-state index is 13.2. The Kier molecular flexibility index (Phi) is 6.60. The van der Waals surface area contributed by atoms with E-state index in [0.29, 0.717) is 36.1 Å². The molecule has 2 aromatic rings. The number of halogens is 6. The summed E-state index contributed by atoms with van der Waals surface area (Å²) >= 11 is 0. The summed E-state index contributed by atoms with van der Waals surface area (Å²) in [6, 6.07) is 8.04. The minimum atomic E-state index is -4.94. The lowest BCUT2D eigenvalue weighted by atomic mass is 9.68. The van der Waals surface area contributed by atoms with Gasteiger partial charge in [-0.2, -0.15) is 26.3 Å². The van der Waals surface area contributed by atoms with Crippen molar-refractivity contribution in [3.8, 4) is 0 Å². The first-order valence-corrected chi connectivity index (χ1v) is 10.3. The number of primary amides is 1. The molecule has 3 nitrogen and oxygen atoms in total. The van der Waals surface area contributed by atoms with Crippen LogP contribution in [0.4, 0.5) is 26.3 Å². The van der Waals surface area contributed by atoms with E-state index in [9.17, 15) is 31.1 Å². The number of benzene rings is 2. The molecule has 1 aliphatic rings. The summed E-state index contributed by atoms with van der Waals surface area (Å²) in [5.74, 6) is -1.32. The number of nitrogens with two attached hydrogens (primary N) is 2. The molecule has 1 fully saturated rings. The molecule has 3 rings (SSSR count). The average molecular weight is 458 g/mol. The van der Waals surface area contributed by atoms with E-state index in [1.54, 1.807) is 24.3 Å². The lowest BCUT2D eigenvalue weighted by Gasteiger charge is -2.35. The van der Waals surface area contributed by atoms with Crippen molar-refractivity contribution in [2.75, 3.05) is 6.54 Å².